The Morgan fingerprint density at radius 1 is 1.69 bits per heavy atom. The van der Waals surface area contributed by atoms with Gasteiger partial charge in [-0.2, -0.15) is 0 Å². The molecular weight excluding hydrogens is 197 g/mol. The standard InChI is InChI=1S/C8H7ClFNO2/c1-4-3-11-7(9)6(10)5(4)8(12)13-2/h3H,1-2H3. The van der Waals surface area contributed by atoms with Crippen LogP contribution in [0.5, 0.6) is 0 Å². The van der Waals surface area contributed by atoms with Gasteiger partial charge in [-0.15, -0.1) is 0 Å². The van der Waals surface area contributed by atoms with E-state index in [1.165, 1.54) is 13.3 Å². The minimum atomic E-state index is -0.839. The van der Waals surface area contributed by atoms with Crippen LogP contribution in [0, 0.1) is 12.7 Å². The number of rotatable bonds is 1. The van der Waals surface area contributed by atoms with E-state index in [-0.39, 0.29) is 10.7 Å². The first-order chi connectivity index (χ1) is 6.07. The monoisotopic (exact) mass is 203 g/mol. The number of ether oxygens (including phenoxy) is 1. The first kappa shape index (κ1) is 9.92. The van der Waals surface area contributed by atoms with Gasteiger partial charge in [-0.1, -0.05) is 11.6 Å². The fourth-order valence-electron chi connectivity index (χ4n) is 0.904. The van der Waals surface area contributed by atoms with Crippen molar-refractivity contribution in [1.82, 2.24) is 4.98 Å². The topological polar surface area (TPSA) is 39.2 Å². The van der Waals surface area contributed by atoms with Gasteiger partial charge in [-0.25, -0.2) is 14.2 Å². The Morgan fingerprint density at radius 2 is 2.31 bits per heavy atom. The third kappa shape index (κ3) is 1.78. The summed E-state index contributed by atoms with van der Waals surface area (Å²) < 4.78 is 17.6. The molecule has 0 atom stereocenters. The Hall–Kier alpha value is -1.16. The number of esters is 1. The molecule has 0 unspecified atom stereocenters. The van der Waals surface area contributed by atoms with Crippen molar-refractivity contribution in [2.75, 3.05) is 7.11 Å². The van der Waals surface area contributed by atoms with Gasteiger partial charge in [0.2, 0.25) is 0 Å². The lowest BCUT2D eigenvalue weighted by molar-refractivity contribution is 0.0594. The SMILES string of the molecule is COC(=O)c1c(C)cnc(Cl)c1F. The zero-order valence-electron chi connectivity index (χ0n) is 7.10. The predicted octanol–water partition coefficient (Wildman–Crippen LogP) is 1.97. The van der Waals surface area contributed by atoms with Gasteiger partial charge < -0.3 is 4.74 Å². The quantitative estimate of drug-likeness (QED) is 0.518. The highest BCUT2D eigenvalue weighted by Gasteiger charge is 2.18. The molecule has 0 radical (unpaired) electrons. The van der Waals surface area contributed by atoms with Crippen LogP contribution >= 0.6 is 11.6 Å². The number of carbonyl (C=O) groups is 1. The first-order valence-electron chi connectivity index (χ1n) is 3.46. The molecular formula is C8H7ClFNO2. The molecule has 0 aliphatic carbocycles. The average molecular weight is 204 g/mol. The Bertz CT molecular complexity index is 354. The molecule has 1 heterocycles. The lowest BCUT2D eigenvalue weighted by atomic mass is 10.1. The first-order valence-corrected chi connectivity index (χ1v) is 3.84. The minimum absolute atomic E-state index is 0.164. The molecule has 0 N–H and O–H groups in total. The van der Waals surface area contributed by atoms with Crippen molar-refractivity contribution in [3.8, 4) is 0 Å². The van der Waals surface area contributed by atoms with Crippen molar-refractivity contribution in [3.63, 3.8) is 0 Å². The van der Waals surface area contributed by atoms with E-state index >= 15 is 0 Å². The summed E-state index contributed by atoms with van der Waals surface area (Å²) in [5.41, 5.74) is 0.233. The van der Waals surface area contributed by atoms with Crippen molar-refractivity contribution in [2.45, 2.75) is 6.92 Å². The normalized spacial score (nSPS) is 9.85. The summed E-state index contributed by atoms with van der Waals surface area (Å²) in [6.45, 7) is 1.55. The van der Waals surface area contributed by atoms with E-state index < -0.39 is 11.8 Å². The summed E-state index contributed by atoms with van der Waals surface area (Å²) in [6, 6.07) is 0. The molecule has 70 valence electrons. The lowest BCUT2D eigenvalue weighted by Crippen LogP contribution is -2.08. The molecule has 1 aromatic heterocycles. The highest BCUT2D eigenvalue weighted by molar-refractivity contribution is 6.29. The van der Waals surface area contributed by atoms with E-state index in [0.717, 1.165) is 0 Å². The number of hydrogen-bond acceptors (Lipinski definition) is 3. The van der Waals surface area contributed by atoms with Crippen molar-refractivity contribution in [1.29, 1.82) is 0 Å². The second kappa shape index (κ2) is 3.70. The summed E-state index contributed by atoms with van der Waals surface area (Å²) in [5, 5.41) is -0.328. The van der Waals surface area contributed by atoms with Crippen LogP contribution < -0.4 is 0 Å². The van der Waals surface area contributed by atoms with E-state index in [9.17, 15) is 9.18 Å². The van der Waals surface area contributed by atoms with Gasteiger partial charge in [0.15, 0.2) is 11.0 Å². The smallest absolute Gasteiger partial charge is 0.341 e. The predicted molar refractivity (Wildman–Crippen MR) is 45.3 cm³/mol. The van der Waals surface area contributed by atoms with Crippen LogP contribution in [0.2, 0.25) is 5.15 Å². The zero-order chi connectivity index (χ0) is 10.0. The maximum absolute atomic E-state index is 13.2. The highest BCUT2D eigenvalue weighted by atomic mass is 35.5. The van der Waals surface area contributed by atoms with Gasteiger partial charge in [0.1, 0.15) is 5.56 Å². The highest BCUT2D eigenvalue weighted by Crippen LogP contribution is 2.19. The zero-order valence-corrected chi connectivity index (χ0v) is 7.85. The Labute approximate surface area is 79.5 Å². The van der Waals surface area contributed by atoms with Crippen LogP contribution in [-0.2, 0) is 4.74 Å². The van der Waals surface area contributed by atoms with Crippen LogP contribution in [0.4, 0.5) is 4.39 Å². The number of pyridine rings is 1. The van der Waals surface area contributed by atoms with E-state index in [2.05, 4.69) is 9.72 Å². The third-order valence-electron chi connectivity index (χ3n) is 1.56. The van der Waals surface area contributed by atoms with Crippen molar-refractivity contribution < 1.29 is 13.9 Å². The molecule has 0 aliphatic rings. The fourth-order valence-corrected chi connectivity index (χ4v) is 1.05. The maximum atomic E-state index is 13.2. The van der Waals surface area contributed by atoms with Gasteiger partial charge in [0.25, 0.3) is 0 Å². The van der Waals surface area contributed by atoms with E-state index in [1.54, 1.807) is 6.92 Å². The number of methoxy groups -OCH3 is 1. The number of nitrogens with zero attached hydrogens (tertiary/aromatic N) is 1. The van der Waals surface area contributed by atoms with Crippen molar-refractivity contribution in [3.05, 3.63) is 28.3 Å². The lowest BCUT2D eigenvalue weighted by Gasteiger charge is -2.04. The van der Waals surface area contributed by atoms with Gasteiger partial charge in [0.05, 0.1) is 7.11 Å². The van der Waals surface area contributed by atoms with Gasteiger partial charge >= 0.3 is 5.97 Å². The Morgan fingerprint density at radius 3 is 2.85 bits per heavy atom. The fraction of sp³-hybridized carbons (Fsp3) is 0.250. The third-order valence-corrected chi connectivity index (χ3v) is 1.82. The summed E-state index contributed by atoms with van der Waals surface area (Å²) in [5.74, 6) is -1.59. The summed E-state index contributed by atoms with van der Waals surface area (Å²) in [4.78, 5) is 14.6. The summed E-state index contributed by atoms with van der Waals surface area (Å²) in [6.07, 6.45) is 1.32. The van der Waals surface area contributed by atoms with Gasteiger partial charge in [0, 0.05) is 6.20 Å². The van der Waals surface area contributed by atoms with Crippen LogP contribution in [0.25, 0.3) is 0 Å². The van der Waals surface area contributed by atoms with Crippen molar-refractivity contribution in [2.24, 2.45) is 0 Å². The largest absolute Gasteiger partial charge is 0.465 e. The molecule has 0 saturated carbocycles. The number of halogens is 2. The van der Waals surface area contributed by atoms with E-state index in [1.807, 2.05) is 0 Å². The summed E-state index contributed by atoms with van der Waals surface area (Å²) >= 11 is 5.39. The Kier molecular flexibility index (Phi) is 2.83. The maximum Gasteiger partial charge on any atom is 0.341 e. The molecule has 0 aromatic carbocycles. The molecule has 1 rings (SSSR count). The van der Waals surface area contributed by atoms with E-state index in [4.69, 9.17) is 11.6 Å². The second-order valence-corrected chi connectivity index (χ2v) is 2.77. The number of hydrogen-bond donors (Lipinski definition) is 0. The number of carbonyl (C=O) groups excluding carboxylic acids is 1. The molecule has 13 heavy (non-hydrogen) atoms. The molecule has 0 saturated heterocycles. The van der Waals surface area contributed by atoms with Crippen LogP contribution in [0.15, 0.2) is 6.20 Å². The van der Waals surface area contributed by atoms with Crippen LogP contribution in [0.3, 0.4) is 0 Å². The Balaban J connectivity index is 3.33. The number of aryl methyl sites for hydroxylation is 1. The average Bonchev–Trinajstić information content (AvgIpc) is 2.12. The van der Waals surface area contributed by atoms with Crippen LogP contribution in [-0.4, -0.2) is 18.1 Å². The summed E-state index contributed by atoms with van der Waals surface area (Å²) in [7, 11) is 1.18. The number of aromatic nitrogens is 1. The van der Waals surface area contributed by atoms with Crippen LogP contribution in [0.1, 0.15) is 15.9 Å². The van der Waals surface area contributed by atoms with Crippen molar-refractivity contribution >= 4 is 17.6 Å². The molecule has 3 nitrogen and oxygen atoms in total. The molecule has 0 fully saturated rings. The molecule has 0 amide bonds. The molecule has 0 aliphatic heterocycles. The molecule has 1 aromatic rings. The molecule has 0 bridgehead atoms. The molecule has 0 spiro atoms. The minimum Gasteiger partial charge on any atom is -0.465 e. The van der Waals surface area contributed by atoms with E-state index in [0.29, 0.717) is 5.56 Å². The second-order valence-electron chi connectivity index (χ2n) is 2.41. The molecule has 5 heteroatoms. The van der Waals surface area contributed by atoms with Gasteiger partial charge in [-0.3, -0.25) is 0 Å². The van der Waals surface area contributed by atoms with Gasteiger partial charge in [-0.05, 0) is 12.5 Å².